The summed E-state index contributed by atoms with van der Waals surface area (Å²) in [5.74, 6) is 1.11. The van der Waals surface area contributed by atoms with E-state index >= 15 is 0 Å². The maximum Gasteiger partial charge on any atom is 0.175 e. The molecule has 1 aromatic heterocycles. The van der Waals surface area contributed by atoms with E-state index in [1.165, 1.54) is 23.1 Å². The van der Waals surface area contributed by atoms with Crippen molar-refractivity contribution < 1.29 is 9.53 Å². The largest absolute Gasteiger partial charge is 0.497 e. The fraction of sp³-hybridized carbons (Fsp3) is 0.154. The van der Waals surface area contributed by atoms with Gasteiger partial charge in [0.15, 0.2) is 5.78 Å². The van der Waals surface area contributed by atoms with Gasteiger partial charge >= 0.3 is 0 Å². The van der Waals surface area contributed by atoms with Gasteiger partial charge in [-0.25, -0.2) is 0 Å². The first kappa shape index (κ1) is 14.7. The highest BCUT2D eigenvalue weighted by molar-refractivity contribution is 8.00. The first-order valence-electron chi connectivity index (χ1n) is 5.35. The van der Waals surface area contributed by atoms with Gasteiger partial charge in [-0.3, -0.25) is 4.79 Å². The first-order valence-corrected chi connectivity index (χ1v) is 7.91. The Labute approximate surface area is 129 Å². The molecule has 0 radical (unpaired) electrons. The van der Waals surface area contributed by atoms with Crippen molar-refractivity contribution in [1.29, 1.82) is 0 Å². The Morgan fingerprint density at radius 2 is 2.00 bits per heavy atom. The predicted molar refractivity (Wildman–Crippen MR) is 82.4 cm³/mol. The van der Waals surface area contributed by atoms with Crippen LogP contribution in [-0.4, -0.2) is 18.6 Å². The minimum atomic E-state index is -0.0195. The number of methoxy groups -OCH3 is 1. The van der Waals surface area contributed by atoms with Gasteiger partial charge in [0.05, 0.1) is 17.2 Å². The molecule has 0 unspecified atom stereocenters. The molecule has 0 saturated carbocycles. The molecule has 2 rings (SSSR count). The number of benzene rings is 1. The zero-order chi connectivity index (χ0) is 13.8. The average molecular weight is 333 g/mol. The fourth-order valence-electron chi connectivity index (χ4n) is 1.43. The number of thioether (sulfide) groups is 1. The van der Waals surface area contributed by atoms with E-state index in [1.807, 2.05) is 24.3 Å². The molecular formula is C13H10Cl2O2S2. The lowest BCUT2D eigenvalue weighted by molar-refractivity contribution is 0.102. The van der Waals surface area contributed by atoms with E-state index in [0.717, 1.165) is 10.6 Å². The van der Waals surface area contributed by atoms with Crippen LogP contribution >= 0.6 is 46.3 Å². The monoisotopic (exact) mass is 332 g/mol. The van der Waals surface area contributed by atoms with Crippen molar-refractivity contribution in [2.45, 2.75) is 4.90 Å². The van der Waals surface area contributed by atoms with Gasteiger partial charge in [0.1, 0.15) is 10.1 Å². The third kappa shape index (κ3) is 3.89. The molecule has 0 bridgehead atoms. The van der Waals surface area contributed by atoms with Gasteiger partial charge in [0.25, 0.3) is 0 Å². The molecule has 1 aromatic carbocycles. The lowest BCUT2D eigenvalue weighted by atomic mass is 10.2. The van der Waals surface area contributed by atoms with Crippen LogP contribution in [0.4, 0.5) is 0 Å². The van der Waals surface area contributed by atoms with Crippen LogP contribution in [0.5, 0.6) is 5.75 Å². The third-order valence-corrected chi connectivity index (χ3v) is 4.89. The molecule has 0 fully saturated rings. The van der Waals surface area contributed by atoms with Crippen LogP contribution < -0.4 is 4.74 Å². The number of rotatable bonds is 5. The summed E-state index contributed by atoms with van der Waals surface area (Å²) in [5, 5.41) is 0. The molecule has 6 heteroatoms. The Balaban J connectivity index is 1.98. The third-order valence-electron chi connectivity index (χ3n) is 2.39. The first-order chi connectivity index (χ1) is 9.10. The lowest BCUT2D eigenvalue weighted by Crippen LogP contribution is -2.01. The second kappa shape index (κ2) is 6.66. The van der Waals surface area contributed by atoms with Gasteiger partial charge in [-0.15, -0.1) is 23.1 Å². The minimum Gasteiger partial charge on any atom is -0.497 e. The standard InChI is InChI=1S/C13H10Cl2O2S2/c1-17-8-2-4-9(5-3-8)18-7-11(16)10-6-12(14)19-13(10)15/h2-6H,7H2,1H3. The maximum absolute atomic E-state index is 12.0. The molecule has 0 saturated heterocycles. The van der Waals surface area contributed by atoms with Crippen LogP contribution in [0.25, 0.3) is 0 Å². The van der Waals surface area contributed by atoms with E-state index in [-0.39, 0.29) is 5.78 Å². The molecule has 0 N–H and O–H groups in total. The van der Waals surface area contributed by atoms with Crippen molar-refractivity contribution in [2.24, 2.45) is 0 Å². The van der Waals surface area contributed by atoms with Gasteiger partial charge in [-0.2, -0.15) is 0 Å². The van der Waals surface area contributed by atoms with Crippen LogP contribution in [0.15, 0.2) is 35.2 Å². The van der Waals surface area contributed by atoms with Crippen molar-refractivity contribution in [3.05, 3.63) is 44.6 Å². The summed E-state index contributed by atoms with van der Waals surface area (Å²) in [5.41, 5.74) is 0.498. The number of hydrogen-bond acceptors (Lipinski definition) is 4. The summed E-state index contributed by atoms with van der Waals surface area (Å²) < 4.78 is 6.06. The number of carbonyl (C=O) groups excluding carboxylic acids is 1. The fourth-order valence-corrected chi connectivity index (χ4v) is 3.71. The van der Waals surface area contributed by atoms with Crippen LogP contribution in [0.1, 0.15) is 10.4 Å². The molecule has 0 atom stereocenters. The number of carbonyl (C=O) groups is 1. The Hall–Kier alpha value is -0.680. The highest BCUT2D eigenvalue weighted by Gasteiger charge is 2.14. The van der Waals surface area contributed by atoms with E-state index in [2.05, 4.69) is 0 Å². The van der Waals surface area contributed by atoms with E-state index in [0.29, 0.717) is 20.0 Å². The van der Waals surface area contributed by atoms with Crippen molar-refractivity contribution in [3.63, 3.8) is 0 Å². The average Bonchev–Trinajstić information content (AvgIpc) is 2.75. The number of hydrogen-bond donors (Lipinski definition) is 0. The van der Waals surface area contributed by atoms with Crippen LogP contribution in [0.2, 0.25) is 8.67 Å². The Kier molecular flexibility index (Phi) is 5.16. The smallest absolute Gasteiger partial charge is 0.175 e. The number of Topliss-reactive ketones (excluding diaryl/α,β-unsaturated/α-hetero) is 1. The molecule has 2 aromatic rings. The molecule has 0 aliphatic heterocycles. The molecule has 1 heterocycles. The van der Waals surface area contributed by atoms with E-state index < -0.39 is 0 Å². The summed E-state index contributed by atoms with van der Waals surface area (Å²) >= 11 is 14.4. The van der Waals surface area contributed by atoms with Crippen molar-refractivity contribution in [2.75, 3.05) is 12.9 Å². The topological polar surface area (TPSA) is 26.3 Å². The molecule has 0 aliphatic rings. The second-order valence-corrected chi connectivity index (χ2v) is 6.96. The zero-order valence-electron chi connectivity index (χ0n) is 9.98. The zero-order valence-corrected chi connectivity index (χ0v) is 13.1. The highest BCUT2D eigenvalue weighted by Crippen LogP contribution is 2.32. The number of ketones is 1. The van der Waals surface area contributed by atoms with Gasteiger partial charge in [0.2, 0.25) is 0 Å². The maximum atomic E-state index is 12.0. The van der Waals surface area contributed by atoms with Crippen molar-refractivity contribution in [3.8, 4) is 5.75 Å². The Morgan fingerprint density at radius 1 is 1.32 bits per heavy atom. The second-order valence-electron chi connectivity index (χ2n) is 3.63. The predicted octanol–water partition coefficient (Wildman–Crippen LogP) is 5.04. The molecule has 0 spiro atoms. The summed E-state index contributed by atoms with van der Waals surface area (Å²) in [4.78, 5) is 13.0. The summed E-state index contributed by atoms with van der Waals surface area (Å²) in [6.45, 7) is 0. The van der Waals surface area contributed by atoms with Gasteiger partial charge in [-0.1, -0.05) is 23.2 Å². The number of thiophene rings is 1. The quantitative estimate of drug-likeness (QED) is 0.566. The van der Waals surface area contributed by atoms with Gasteiger partial charge in [-0.05, 0) is 30.3 Å². The van der Waals surface area contributed by atoms with Crippen LogP contribution in [0, 0.1) is 0 Å². The summed E-state index contributed by atoms with van der Waals surface area (Å²) in [6.07, 6.45) is 0. The van der Waals surface area contributed by atoms with Crippen LogP contribution in [0.3, 0.4) is 0 Å². The molecule has 0 aliphatic carbocycles. The normalized spacial score (nSPS) is 10.5. The van der Waals surface area contributed by atoms with E-state index in [4.69, 9.17) is 27.9 Å². The molecule has 0 amide bonds. The van der Waals surface area contributed by atoms with Crippen LogP contribution in [-0.2, 0) is 0 Å². The molecule has 19 heavy (non-hydrogen) atoms. The summed E-state index contributed by atoms with van der Waals surface area (Å²) in [6, 6.07) is 9.17. The van der Waals surface area contributed by atoms with E-state index in [1.54, 1.807) is 13.2 Å². The van der Waals surface area contributed by atoms with Gasteiger partial charge < -0.3 is 4.74 Å². The Bertz CT molecular complexity index is 579. The Morgan fingerprint density at radius 3 is 2.53 bits per heavy atom. The summed E-state index contributed by atoms with van der Waals surface area (Å²) in [7, 11) is 1.62. The SMILES string of the molecule is COc1ccc(SCC(=O)c2cc(Cl)sc2Cl)cc1. The van der Waals surface area contributed by atoms with Crippen molar-refractivity contribution in [1.82, 2.24) is 0 Å². The lowest BCUT2D eigenvalue weighted by Gasteiger charge is -2.02. The number of halogens is 2. The minimum absolute atomic E-state index is 0.0195. The van der Waals surface area contributed by atoms with Crippen molar-refractivity contribution >= 4 is 52.1 Å². The number of ether oxygens (including phenoxy) is 1. The molecular weight excluding hydrogens is 323 g/mol. The highest BCUT2D eigenvalue weighted by atomic mass is 35.5. The van der Waals surface area contributed by atoms with Gasteiger partial charge in [0, 0.05) is 10.5 Å². The van der Waals surface area contributed by atoms with E-state index in [9.17, 15) is 4.79 Å². The molecule has 100 valence electrons. The molecule has 2 nitrogen and oxygen atoms in total.